The maximum atomic E-state index is 10.6. The number of hydrogen-bond acceptors (Lipinski definition) is 3. The number of carboxylic acids is 1. The number of hydrazone groups is 1. The molecule has 1 aromatic carbocycles. The van der Waals surface area contributed by atoms with E-state index in [9.17, 15) is 9.59 Å². The van der Waals surface area contributed by atoms with Gasteiger partial charge >= 0.3 is 12.0 Å². The van der Waals surface area contributed by atoms with Crippen molar-refractivity contribution in [1.82, 2.24) is 5.43 Å². The highest BCUT2D eigenvalue weighted by Crippen LogP contribution is 2.13. The van der Waals surface area contributed by atoms with E-state index in [1.807, 2.05) is 0 Å². The number of nitrogens with one attached hydrogen (secondary N) is 1. The standard InChI is InChI=1S/C11H12BrN3O3/c12-8-3-1-7(2-4-8)9(5-6-10(16)17)14-15-11(13)18/h1-4H,5-6H2,(H,16,17)(H3,13,15,18)/b14-9-. The zero-order chi connectivity index (χ0) is 13.5. The molecule has 2 amide bonds. The fraction of sp³-hybridized carbons (Fsp3) is 0.182. The molecule has 7 heteroatoms. The third-order valence-electron chi connectivity index (χ3n) is 2.05. The minimum Gasteiger partial charge on any atom is -0.481 e. The Hall–Kier alpha value is -1.89. The van der Waals surface area contributed by atoms with E-state index in [0.717, 1.165) is 10.0 Å². The molecule has 0 atom stereocenters. The number of carbonyl (C=O) groups is 2. The number of benzene rings is 1. The molecule has 0 fully saturated rings. The zero-order valence-corrected chi connectivity index (χ0v) is 11.0. The number of hydrogen-bond donors (Lipinski definition) is 3. The fourth-order valence-corrected chi connectivity index (χ4v) is 1.52. The van der Waals surface area contributed by atoms with Crippen molar-refractivity contribution in [2.45, 2.75) is 12.8 Å². The minimum absolute atomic E-state index is 0.0741. The van der Waals surface area contributed by atoms with E-state index in [4.69, 9.17) is 10.8 Å². The first-order chi connectivity index (χ1) is 8.49. The molecule has 0 unspecified atom stereocenters. The lowest BCUT2D eigenvalue weighted by Crippen LogP contribution is -2.26. The van der Waals surface area contributed by atoms with Crippen LogP contribution in [0.1, 0.15) is 18.4 Å². The molecule has 0 saturated carbocycles. The molecule has 0 heterocycles. The number of urea groups is 1. The molecule has 0 aliphatic carbocycles. The zero-order valence-electron chi connectivity index (χ0n) is 9.39. The largest absolute Gasteiger partial charge is 0.481 e. The Labute approximate surface area is 112 Å². The maximum absolute atomic E-state index is 10.6. The third kappa shape index (κ3) is 4.96. The molecule has 0 aliphatic rings. The number of nitrogens with zero attached hydrogens (tertiary/aromatic N) is 1. The molecule has 0 aliphatic heterocycles. The van der Waals surface area contributed by atoms with E-state index in [2.05, 4.69) is 26.5 Å². The predicted molar refractivity (Wildman–Crippen MR) is 70.3 cm³/mol. The molecule has 6 nitrogen and oxygen atoms in total. The predicted octanol–water partition coefficient (Wildman–Crippen LogP) is 1.69. The van der Waals surface area contributed by atoms with Crippen LogP contribution in [-0.2, 0) is 4.79 Å². The molecule has 1 aromatic rings. The Morgan fingerprint density at radius 2 is 1.89 bits per heavy atom. The van der Waals surface area contributed by atoms with Gasteiger partial charge < -0.3 is 10.8 Å². The summed E-state index contributed by atoms with van der Waals surface area (Å²) >= 11 is 3.30. The molecule has 96 valence electrons. The summed E-state index contributed by atoms with van der Waals surface area (Å²) in [7, 11) is 0. The van der Waals surface area contributed by atoms with Crippen LogP contribution in [0.3, 0.4) is 0 Å². The van der Waals surface area contributed by atoms with Crippen molar-refractivity contribution in [3.63, 3.8) is 0 Å². The number of carboxylic acid groups (broad SMARTS) is 1. The highest BCUT2D eigenvalue weighted by atomic mass is 79.9. The van der Waals surface area contributed by atoms with Gasteiger partial charge in [-0.1, -0.05) is 28.1 Å². The van der Waals surface area contributed by atoms with Crippen LogP contribution in [0.5, 0.6) is 0 Å². The molecule has 0 bridgehead atoms. The first-order valence-electron chi connectivity index (χ1n) is 5.09. The fourth-order valence-electron chi connectivity index (χ4n) is 1.25. The summed E-state index contributed by atoms with van der Waals surface area (Å²) in [6.45, 7) is 0. The van der Waals surface area contributed by atoms with Crippen molar-refractivity contribution in [2.75, 3.05) is 0 Å². The summed E-state index contributed by atoms with van der Waals surface area (Å²) < 4.78 is 0.895. The monoisotopic (exact) mass is 313 g/mol. The molecule has 4 N–H and O–H groups in total. The smallest absolute Gasteiger partial charge is 0.332 e. The first kappa shape index (κ1) is 14.2. The maximum Gasteiger partial charge on any atom is 0.332 e. The van der Waals surface area contributed by atoms with Gasteiger partial charge in [0.05, 0.1) is 12.1 Å². The third-order valence-corrected chi connectivity index (χ3v) is 2.58. The highest BCUT2D eigenvalue weighted by molar-refractivity contribution is 9.10. The molecular weight excluding hydrogens is 302 g/mol. The van der Waals surface area contributed by atoms with Gasteiger partial charge in [-0.25, -0.2) is 10.2 Å². The lowest BCUT2D eigenvalue weighted by molar-refractivity contribution is -0.136. The van der Waals surface area contributed by atoms with Crippen molar-refractivity contribution in [3.8, 4) is 0 Å². The van der Waals surface area contributed by atoms with Gasteiger partial charge in [-0.2, -0.15) is 5.10 Å². The quantitative estimate of drug-likeness (QED) is 0.569. The molecule has 0 aromatic heterocycles. The normalized spacial score (nSPS) is 11.1. The average molecular weight is 314 g/mol. The summed E-state index contributed by atoms with van der Waals surface area (Å²) in [6, 6.07) is 6.35. The highest BCUT2D eigenvalue weighted by Gasteiger charge is 2.07. The van der Waals surface area contributed by atoms with Gasteiger partial charge in [0.15, 0.2) is 0 Å². The first-order valence-corrected chi connectivity index (χ1v) is 5.88. The van der Waals surface area contributed by atoms with Gasteiger partial charge in [-0.15, -0.1) is 0 Å². The van der Waals surface area contributed by atoms with Crippen LogP contribution in [0.2, 0.25) is 0 Å². The number of halogens is 1. The lowest BCUT2D eigenvalue weighted by Gasteiger charge is -2.05. The summed E-state index contributed by atoms with van der Waals surface area (Å²) in [6.07, 6.45) is 0.132. The second kappa shape index (κ2) is 6.75. The van der Waals surface area contributed by atoms with Crippen molar-refractivity contribution in [2.24, 2.45) is 10.8 Å². The number of aliphatic carboxylic acids is 1. The van der Waals surface area contributed by atoms with E-state index < -0.39 is 12.0 Å². The molecule has 0 radical (unpaired) electrons. The van der Waals surface area contributed by atoms with E-state index in [1.54, 1.807) is 24.3 Å². The van der Waals surface area contributed by atoms with Crippen molar-refractivity contribution >= 4 is 33.6 Å². The van der Waals surface area contributed by atoms with Crippen LogP contribution in [0, 0.1) is 0 Å². The lowest BCUT2D eigenvalue weighted by atomic mass is 10.1. The van der Waals surface area contributed by atoms with Crippen LogP contribution < -0.4 is 11.2 Å². The summed E-state index contributed by atoms with van der Waals surface area (Å²) in [5.74, 6) is -0.932. The number of amides is 2. The van der Waals surface area contributed by atoms with Crippen LogP contribution in [0.25, 0.3) is 0 Å². The number of carbonyl (C=O) groups excluding carboxylic acids is 1. The van der Waals surface area contributed by atoms with Gasteiger partial charge in [0.1, 0.15) is 0 Å². The van der Waals surface area contributed by atoms with Crippen LogP contribution in [-0.4, -0.2) is 22.8 Å². The van der Waals surface area contributed by atoms with Gasteiger partial charge in [0, 0.05) is 10.9 Å². The Bertz CT molecular complexity index is 471. The molecule has 1 rings (SSSR count). The van der Waals surface area contributed by atoms with Gasteiger partial charge in [-0.05, 0) is 17.7 Å². The molecule has 0 saturated heterocycles. The molecule has 0 spiro atoms. The SMILES string of the molecule is NC(=O)N/N=C(/CCC(=O)O)c1ccc(Br)cc1. The second-order valence-corrected chi connectivity index (χ2v) is 4.35. The van der Waals surface area contributed by atoms with Crippen LogP contribution in [0.15, 0.2) is 33.8 Å². The van der Waals surface area contributed by atoms with Gasteiger partial charge in [-0.3, -0.25) is 4.79 Å². The topological polar surface area (TPSA) is 105 Å². The van der Waals surface area contributed by atoms with Crippen molar-refractivity contribution in [3.05, 3.63) is 34.3 Å². The number of primary amides is 1. The summed E-state index contributed by atoms with van der Waals surface area (Å²) in [5, 5.41) is 12.5. The number of rotatable bonds is 5. The van der Waals surface area contributed by atoms with E-state index >= 15 is 0 Å². The molecular formula is C11H12BrN3O3. The minimum atomic E-state index is -0.932. The van der Waals surface area contributed by atoms with Crippen LogP contribution in [0.4, 0.5) is 4.79 Å². The average Bonchev–Trinajstić information content (AvgIpc) is 2.30. The summed E-state index contributed by atoms with van der Waals surface area (Å²) in [4.78, 5) is 21.2. The van der Waals surface area contributed by atoms with Crippen molar-refractivity contribution in [1.29, 1.82) is 0 Å². The Kier molecular flexibility index (Phi) is 5.31. The van der Waals surface area contributed by atoms with E-state index in [-0.39, 0.29) is 12.8 Å². The Morgan fingerprint density at radius 3 is 2.39 bits per heavy atom. The van der Waals surface area contributed by atoms with Gasteiger partial charge in [0.2, 0.25) is 0 Å². The van der Waals surface area contributed by atoms with Gasteiger partial charge in [0.25, 0.3) is 0 Å². The van der Waals surface area contributed by atoms with E-state index in [0.29, 0.717) is 5.71 Å². The Balaban J connectivity index is 2.88. The second-order valence-electron chi connectivity index (χ2n) is 3.44. The number of nitrogens with two attached hydrogens (primary N) is 1. The summed E-state index contributed by atoms with van der Waals surface area (Å²) in [5.41, 5.74) is 8.21. The van der Waals surface area contributed by atoms with Crippen LogP contribution >= 0.6 is 15.9 Å². The van der Waals surface area contributed by atoms with Crippen molar-refractivity contribution < 1.29 is 14.7 Å². The molecule has 18 heavy (non-hydrogen) atoms. The Morgan fingerprint density at radius 1 is 1.28 bits per heavy atom. The van der Waals surface area contributed by atoms with E-state index in [1.165, 1.54) is 0 Å².